The second-order valence-corrected chi connectivity index (χ2v) is 7.71. The number of carbonyl (C=O) groups is 1. The lowest BCUT2D eigenvalue weighted by Gasteiger charge is -2.12. The third kappa shape index (κ3) is 7.35. The van der Waals surface area contributed by atoms with Crippen molar-refractivity contribution in [1.29, 1.82) is 0 Å². The molecule has 170 valence electrons. The Hall–Kier alpha value is -3.86. The summed E-state index contributed by atoms with van der Waals surface area (Å²) in [5.74, 6) is 1.47. The molecule has 0 bridgehead atoms. The molecule has 33 heavy (non-hydrogen) atoms. The monoisotopic (exact) mass is 442 g/mol. The minimum Gasteiger partial charge on any atom is -0.497 e. The summed E-state index contributed by atoms with van der Waals surface area (Å²) in [6.45, 7) is 2.01. The molecule has 1 amide bonds. The van der Waals surface area contributed by atoms with Gasteiger partial charge in [0.1, 0.15) is 11.5 Å². The van der Waals surface area contributed by atoms with Gasteiger partial charge in [-0.25, -0.2) is 0 Å². The summed E-state index contributed by atoms with van der Waals surface area (Å²) in [5, 5.41) is 3.03. The molecular formula is C28H30N2O3. The van der Waals surface area contributed by atoms with Gasteiger partial charge >= 0.3 is 0 Å². The lowest BCUT2D eigenvalue weighted by Crippen LogP contribution is -2.31. The van der Waals surface area contributed by atoms with Crippen LogP contribution < -0.4 is 14.8 Å². The van der Waals surface area contributed by atoms with Gasteiger partial charge in [-0.15, -0.1) is 0 Å². The van der Waals surface area contributed by atoms with E-state index in [1.165, 1.54) is 5.56 Å². The van der Waals surface area contributed by atoms with Crippen LogP contribution in [0.3, 0.4) is 0 Å². The summed E-state index contributed by atoms with van der Waals surface area (Å²) >= 11 is 0. The van der Waals surface area contributed by atoms with Gasteiger partial charge in [-0.05, 0) is 72.4 Å². The maximum Gasteiger partial charge on any atom is 0.244 e. The molecule has 3 aromatic rings. The van der Waals surface area contributed by atoms with Gasteiger partial charge in [0.2, 0.25) is 5.91 Å². The molecular weight excluding hydrogens is 412 g/mol. The second-order valence-electron chi connectivity index (χ2n) is 7.71. The van der Waals surface area contributed by atoms with Crippen LogP contribution in [0.25, 0.3) is 5.57 Å². The molecule has 2 aromatic carbocycles. The van der Waals surface area contributed by atoms with Crippen molar-refractivity contribution < 1.29 is 14.3 Å². The Morgan fingerprint density at radius 2 is 1.58 bits per heavy atom. The summed E-state index contributed by atoms with van der Waals surface area (Å²) in [7, 11) is 3.29. The summed E-state index contributed by atoms with van der Waals surface area (Å²) in [5.41, 5.74) is 4.21. The number of amides is 1. The van der Waals surface area contributed by atoms with Crippen molar-refractivity contribution in [3.63, 3.8) is 0 Å². The first-order valence-corrected chi connectivity index (χ1v) is 11.0. The molecule has 0 spiro atoms. The number of aromatic nitrogens is 1. The Morgan fingerprint density at radius 3 is 2.09 bits per heavy atom. The van der Waals surface area contributed by atoms with E-state index in [0.29, 0.717) is 0 Å². The average Bonchev–Trinajstić information content (AvgIpc) is 2.86. The highest BCUT2D eigenvalue weighted by Gasteiger charge is 2.07. The molecule has 0 saturated heterocycles. The predicted molar refractivity (Wildman–Crippen MR) is 132 cm³/mol. The van der Waals surface area contributed by atoms with Gasteiger partial charge in [-0.2, -0.15) is 0 Å². The average molecular weight is 443 g/mol. The van der Waals surface area contributed by atoms with E-state index < -0.39 is 0 Å². The maximum atomic E-state index is 12.4. The number of nitrogens with one attached hydrogen (secondary N) is 1. The molecule has 0 radical (unpaired) electrons. The number of rotatable bonds is 10. The van der Waals surface area contributed by atoms with E-state index >= 15 is 0 Å². The van der Waals surface area contributed by atoms with E-state index in [1.807, 2.05) is 79.9 Å². The number of carbonyl (C=O) groups excluding carboxylic acids is 1. The number of hydrogen-bond acceptors (Lipinski definition) is 4. The number of nitrogens with zero attached hydrogens (tertiary/aromatic N) is 1. The van der Waals surface area contributed by atoms with Crippen LogP contribution >= 0.6 is 0 Å². The molecule has 1 heterocycles. The largest absolute Gasteiger partial charge is 0.497 e. The number of benzene rings is 2. The normalized spacial score (nSPS) is 11.6. The second kappa shape index (κ2) is 12.2. The molecule has 0 aliphatic rings. The highest BCUT2D eigenvalue weighted by Crippen LogP contribution is 2.27. The van der Waals surface area contributed by atoms with E-state index in [2.05, 4.69) is 10.3 Å². The Bertz CT molecular complexity index is 1020. The molecule has 5 nitrogen and oxygen atoms in total. The summed E-state index contributed by atoms with van der Waals surface area (Å²) in [6.07, 6.45) is 10.6. The lowest BCUT2D eigenvalue weighted by molar-refractivity contribution is -0.117. The summed E-state index contributed by atoms with van der Waals surface area (Å²) < 4.78 is 10.6. The first-order valence-electron chi connectivity index (χ1n) is 11.0. The number of ether oxygens (including phenoxy) is 2. The van der Waals surface area contributed by atoms with E-state index in [0.717, 1.165) is 41.0 Å². The molecule has 1 atom stereocenters. The van der Waals surface area contributed by atoms with Crippen LogP contribution in [0.15, 0.2) is 91.3 Å². The number of methoxy groups -OCH3 is 2. The highest BCUT2D eigenvalue weighted by atomic mass is 16.5. The minimum absolute atomic E-state index is 0.0639. The smallest absolute Gasteiger partial charge is 0.244 e. The zero-order valence-corrected chi connectivity index (χ0v) is 19.3. The number of aryl methyl sites for hydroxylation is 1. The van der Waals surface area contributed by atoms with Gasteiger partial charge in [0.05, 0.1) is 14.2 Å². The number of pyridine rings is 1. The number of allylic oxidation sites excluding steroid dienone is 2. The van der Waals surface area contributed by atoms with Crippen LogP contribution in [0, 0.1) is 0 Å². The van der Waals surface area contributed by atoms with Crippen molar-refractivity contribution in [3.8, 4) is 11.5 Å². The van der Waals surface area contributed by atoms with Gasteiger partial charge in [0, 0.05) is 24.5 Å². The van der Waals surface area contributed by atoms with Crippen molar-refractivity contribution in [2.24, 2.45) is 0 Å². The van der Waals surface area contributed by atoms with Crippen molar-refractivity contribution in [2.45, 2.75) is 25.8 Å². The maximum absolute atomic E-state index is 12.4. The zero-order chi connectivity index (χ0) is 23.5. The van der Waals surface area contributed by atoms with Crippen molar-refractivity contribution in [2.75, 3.05) is 14.2 Å². The molecule has 0 fully saturated rings. The zero-order valence-electron chi connectivity index (χ0n) is 19.3. The topological polar surface area (TPSA) is 60.5 Å². The van der Waals surface area contributed by atoms with Crippen molar-refractivity contribution in [3.05, 3.63) is 108 Å². The van der Waals surface area contributed by atoms with Crippen LogP contribution in [0.5, 0.6) is 11.5 Å². The quantitative estimate of drug-likeness (QED) is 0.345. The minimum atomic E-state index is -0.117. The van der Waals surface area contributed by atoms with E-state index in [9.17, 15) is 4.79 Å². The van der Waals surface area contributed by atoms with Gasteiger partial charge in [0.15, 0.2) is 0 Å². The molecule has 3 rings (SSSR count). The standard InChI is InChI=1S/C28H30N2O3/c1-21(9-10-22-6-5-19-29-20-22)30-28(31)8-4-7-27(23-11-15-25(32-2)16-12-23)24-13-17-26(33-3)18-14-24/h4-8,11-21H,9-10H2,1-3H3,(H,30,31)/b8-4+. The molecule has 0 aliphatic heterocycles. The first-order chi connectivity index (χ1) is 16.1. The summed E-state index contributed by atoms with van der Waals surface area (Å²) in [6, 6.07) is 19.7. The van der Waals surface area contributed by atoms with Gasteiger partial charge in [-0.1, -0.05) is 42.5 Å². The van der Waals surface area contributed by atoms with Crippen molar-refractivity contribution in [1.82, 2.24) is 10.3 Å². The molecule has 5 heteroatoms. The first kappa shape index (κ1) is 23.8. The Kier molecular flexibility index (Phi) is 8.83. The fourth-order valence-electron chi connectivity index (χ4n) is 3.42. The van der Waals surface area contributed by atoms with Gasteiger partial charge in [0.25, 0.3) is 0 Å². The fraction of sp³-hybridized carbons (Fsp3) is 0.214. The van der Waals surface area contributed by atoms with E-state index in [1.54, 1.807) is 32.6 Å². The number of hydrogen-bond donors (Lipinski definition) is 1. The van der Waals surface area contributed by atoms with Gasteiger partial charge in [-0.3, -0.25) is 9.78 Å². The Labute approximate surface area is 195 Å². The fourth-order valence-corrected chi connectivity index (χ4v) is 3.42. The Balaban J connectivity index is 1.69. The highest BCUT2D eigenvalue weighted by molar-refractivity contribution is 5.89. The van der Waals surface area contributed by atoms with Crippen LogP contribution in [0.4, 0.5) is 0 Å². The summed E-state index contributed by atoms with van der Waals surface area (Å²) in [4.78, 5) is 16.5. The SMILES string of the molecule is COc1ccc(C(=C/C=C/C(=O)NC(C)CCc2cccnc2)c2ccc(OC)cc2)cc1. The van der Waals surface area contributed by atoms with Crippen LogP contribution in [0.2, 0.25) is 0 Å². The predicted octanol–water partition coefficient (Wildman–Crippen LogP) is 5.22. The van der Waals surface area contributed by atoms with Crippen LogP contribution in [-0.2, 0) is 11.2 Å². The Morgan fingerprint density at radius 1 is 0.970 bits per heavy atom. The van der Waals surface area contributed by atoms with Crippen LogP contribution in [-0.4, -0.2) is 31.2 Å². The molecule has 1 aromatic heterocycles. The van der Waals surface area contributed by atoms with Gasteiger partial charge < -0.3 is 14.8 Å². The third-order valence-electron chi connectivity index (χ3n) is 5.29. The third-order valence-corrected chi connectivity index (χ3v) is 5.29. The van der Waals surface area contributed by atoms with E-state index in [-0.39, 0.29) is 11.9 Å². The van der Waals surface area contributed by atoms with Crippen LogP contribution in [0.1, 0.15) is 30.0 Å². The van der Waals surface area contributed by atoms with Crippen molar-refractivity contribution >= 4 is 11.5 Å². The molecule has 1 N–H and O–H groups in total. The van der Waals surface area contributed by atoms with E-state index in [4.69, 9.17) is 9.47 Å². The molecule has 0 aliphatic carbocycles. The molecule has 0 saturated carbocycles. The molecule has 1 unspecified atom stereocenters. The lowest BCUT2D eigenvalue weighted by atomic mass is 9.97.